The zero-order chi connectivity index (χ0) is 20.2. The van der Waals surface area contributed by atoms with Crippen LogP contribution in [-0.4, -0.2) is 18.0 Å². The molecular formula is C18H17F3N2O4. The molecule has 1 atom stereocenters. The lowest BCUT2D eigenvalue weighted by Crippen LogP contribution is -2.37. The number of aromatic nitrogens is 1. The Morgan fingerprint density at radius 1 is 1.15 bits per heavy atom. The van der Waals surface area contributed by atoms with Crippen LogP contribution in [0.4, 0.5) is 18.9 Å². The lowest BCUT2D eigenvalue weighted by Gasteiger charge is -2.21. The molecule has 0 saturated heterocycles. The van der Waals surface area contributed by atoms with Crippen molar-refractivity contribution in [2.45, 2.75) is 26.1 Å². The van der Waals surface area contributed by atoms with Gasteiger partial charge in [-0.25, -0.2) is 4.79 Å². The number of nitrogens with one attached hydrogen (secondary N) is 1. The van der Waals surface area contributed by atoms with Gasteiger partial charge in [0.05, 0.1) is 11.1 Å². The maximum Gasteiger partial charge on any atom is 0.416 e. The second kappa shape index (κ2) is 8.07. The Bertz CT molecular complexity index is 820. The van der Waals surface area contributed by atoms with Gasteiger partial charge >= 0.3 is 12.1 Å². The molecule has 0 aliphatic heterocycles. The maximum atomic E-state index is 12.8. The summed E-state index contributed by atoms with van der Waals surface area (Å²) in [6.45, 7) is 3.25. The number of hydrogen-bond acceptors (Lipinski definition) is 4. The topological polar surface area (TPSA) is 82.3 Å². The van der Waals surface area contributed by atoms with Gasteiger partial charge in [0, 0.05) is 17.8 Å². The van der Waals surface area contributed by atoms with Crippen LogP contribution < -0.4 is 10.0 Å². The monoisotopic (exact) mass is 382 g/mol. The Kier molecular flexibility index (Phi) is 6.04. The molecule has 0 saturated carbocycles. The number of carbonyl (C=O) groups is 2. The number of esters is 1. The molecule has 6 nitrogen and oxygen atoms in total. The minimum Gasteiger partial charge on any atom is -0.619 e. The standard InChI is InChI=1S/C18H17F3N2O4/c1-11(2)15(27-17(25)12-6-8-23(26)9-7-12)16(24)22-14-5-3-4-13(10-14)18(19,20)21/h3-11,15H,1-2H3,(H,22,24). The highest BCUT2D eigenvalue weighted by Gasteiger charge is 2.31. The van der Waals surface area contributed by atoms with Gasteiger partial charge in [0.15, 0.2) is 18.5 Å². The molecule has 144 valence electrons. The minimum atomic E-state index is -4.55. The van der Waals surface area contributed by atoms with Crippen LogP contribution in [0.25, 0.3) is 0 Å². The van der Waals surface area contributed by atoms with E-state index in [-0.39, 0.29) is 11.3 Å². The maximum absolute atomic E-state index is 12.8. The number of rotatable bonds is 5. The summed E-state index contributed by atoms with van der Waals surface area (Å²) in [5.74, 6) is -2.02. The third-order valence-electron chi connectivity index (χ3n) is 3.59. The number of alkyl halides is 3. The number of nitrogens with zero attached hydrogens (tertiary/aromatic N) is 1. The van der Waals surface area contributed by atoms with Crippen LogP contribution in [0, 0.1) is 11.1 Å². The largest absolute Gasteiger partial charge is 0.619 e. The predicted octanol–water partition coefficient (Wildman–Crippen LogP) is 3.16. The quantitative estimate of drug-likeness (QED) is 0.489. The van der Waals surface area contributed by atoms with Crippen LogP contribution in [0.1, 0.15) is 29.8 Å². The van der Waals surface area contributed by atoms with Crippen LogP contribution in [0.3, 0.4) is 0 Å². The van der Waals surface area contributed by atoms with E-state index in [4.69, 9.17) is 4.74 Å². The van der Waals surface area contributed by atoms with E-state index in [1.807, 2.05) is 0 Å². The average Bonchev–Trinajstić information content (AvgIpc) is 2.59. The van der Waals surface area contributed by atoms with Crippen LogP contribution in [0.5, 0.6) is 0 Å². The number of anilines is 1. The number of carbonyl (C=O) groups excluding carboxylic acids is 2. The Labute approximate surface area is 153 Å². The lowest BCUT2D eigenvalue weighted by molar-refractivity contribution is -0.605. The Balaban J connectivity index is 2.13. The van der Waals surface area contributed by atoms with Gasteiger partial charge in [-0.3, -0.25) is 4.79 Å². The summed E-state index contributed by atoms with van der Waals surface area (Å²) in [5, 5.41) is 13.3. The molecule has 9 heteroatoms. The Hall–Kier alpha value is -3.10. The predicted molar refractivity (Wildman–Crippen MR) is 89.5 cm³/mol. The van der Waals surface area contributed by atoms with E-state index in [0.29, 0.717) is 4.73 Å². The van der Waals surface area contributed by atoms with Crippen LogP contribution in [0.2, 0.25) is 0 Å². The van der Waals surface area contributed by atoms with Gasteiger partial charge in [-0.15, -0.1) is 0 Å². The van der Waals surface area contributed by atoms with Gasteiger partial charge in [0.25, 0.3) is 5.91 Å². The molecule has 0 spiro atoms. The summed E-state index contributed by atoms with van der Waals surface area (Å²) in [6, 6.07) is 6.61. The molecule has 0 bridgehead atoms. The first-order valence-electron chi connectivity index (χ1n) is 7.96. The molecular weight excluding hydrogens is 365 g/mol. The second-order valence-electron chi connectivity index (χ2n) is 6.08. The first-order chi connectivity index (χ1) is 12.6. The van der Waals surface area contributed by atoms with Gasteiger partial charge in [-0.1, -0.05) is 19.9 Å². The van der Waals surface area contributed by atoms with Crippen molar-refractivity contribution in [3.8, 4) is 0 Å². The zero-order valence-corrected chi connectivity index (χ0v) is 14.5. The van der Waals surface area contributed by atoms with E-state index in [0.717, 1.165) is 30.6 Å². The lowest BCUT2D eigenvalue weighted by atomic mass is 10.1. The molecule has 2 aromatic rings. The first kappa shape index (κ1) is 20.2. The van der Waals surface area contributed by atoms with Crippen molar-refractivity contribution in [2.24, 2.45) is 5.92 Å². The zero-order valence-electron chi connectivity index (χ0n) is 14.5. The van der Waals surface area contributed by atoms with Crippen molar-refractivity contribution in [1.29, 1.82) is 0 Å². The van der Waals surface area contributed by atoms with Crippen LogP contribution >= 0.6 is 0 Å². The van der Waals surface area contributed by atoms with Crippen molar-refractivity contribution in [3.05, 3.63) is 65.1 Å². The van der Waals surface area contributed by atoms with Gasteiger partial charge < -0.3 is 15.3 Å². The van der Waals surface area contributed by atoms with Crippen molar-refractivity contribution < 1.29 is 32.2 Å². The van der Waals surface area contributed by atoms with E-state index in [1.165, 1.54) is 18.2 Å². The van der Waals surface area contributed by atoms with Gasteiger partial charge in [-0.05, 0) is 24.1 Å². The summed E-state index contributed by atoms with van der Waals surface area (Å²) in [6.07, 6.45) is -3.57. The van der Waals surface area contributed by atoms with E-state index in [2.05, 4.69) is 5.32 Å². The van der Waals surface area contributed by atoms with Crippen LogP contribution in [0.15, 0.2) is 48.8 Å². The highest BCUT2D eigenvalue weighted by Crippen LogP contribution is 2.30. The fourth-order valence-corrected chi connectivity index (χ4v) is 2.21. The highest BCUT2D eigenvalue weighted by atomic mass is 19.4. The fourth-order valence-electron chi connectivity index (χ4n) is 2.21. The number of ether oxygens (including phenoxy) is 1. The molecule has 1 N–H and O–H groups in total. The summed E-state index contributed by atoms with van der Waals surface area (Å²) in [5.41, 5.74) is -0.906. The third-order valence-corrected chi connectivity index (χ3v) is 3.59. The van der Waals surface area contributed by atoms with Crippen molar-refractivity contribution in [1.82, 2.24) is 0 Å². The Morgan fingerprint density at radius 2 is 1.78 bits per heavy atom. The molecule has 1 heterocycles. The second-order valence-corrected chi connectivity index (χ2v) is 6.08. The Morgan fingerprint density at radius 3 is 2.33 bits per heavy atom. The van der Waals surface area contributed by atoms with Gasteiger partial charge in [0.1, 0.15) is 0 Å². The van der Waals surface area contributed by atoms with Crippen molar-refractivity contribution in [3.63, 3.8) is 0 Å². The molecule has 0 aliphatic rings. The van der Waals surface area contributed by atoms with Gasteiger partial charge in [-0.2, -0.15) is 17.9 Å². The first-order valence-corrected chi connectivity index (χ1v) is 7.96. The summed E-state index contributed by atoms with van der Waals surface area (Å²) >= 11 is 0. The molecule has 1 aromatic heterocycles. The van der Waals surface area contributed by atoms with E-state index in [1.54, 1.807) is 13.8 Å². The molecule has 27 heavy (non-hydrogen) atoms. The average molecular weight is 382 g/mol. The van der Waals surface area contributed by atoms with Gasteiger partial charge in [0.2, 0.25) is 0 Å². The smallest absolute Gasteiger partial charge is 0.416 e. The molecule has 0 radical (unpaired) electrons. The van der Waals surface area contributed by atoms with E-state index < -0.39 is 35.6 Å². The molecule has 2 rings (SSSR count). The highest BCUT2D eigenvalue weighted by molar-refractivity contribution is 5.97. The number of amides is 1. The fraction of sp³-hybridized carbons (Fsp3) is 0.278. The number of benzene rings is 1. The summed E-state index contributed by atoms with van der Waals surface area (Å²) in [4.78, 5) is 24.6. The molecule has 1 aromatic carbocycles. The van der Waals surface area contributed by atoms with E-state index >= 15 is 0 Å². The van der Waals surface area contributed by atoms with Crippen LogP contribution in [-0.2, 0) is 15.7 Å². The third kappa shape index (κ3) is 5.44. The molecule has 0 fully saturated rings. The normalized spacial score (nSPS) is 12.5. The van der Waals surface area contributed by atoms with Crippen molar-refractivity contribution >= 4 is 17.6 Å². The molecule has 0 aliphatic carbocycles. The van der Waals surface area contributed by atoms with E-state index in [9.17, 15) is 28.0 Å². The minimum absolute atomic E-state index is 0.0661. The summed E-state index contributed by atoms with van der Waals surface area (Å²) < 4.78 is 44.0. The SMILES string of the molecule is CC(C)C(OC(=O)c1cc[n+]([O-])cc1)C(=O)Nc1cccc(C(F)(F)F)c1. The summed E-state index contributed by atoms with van der Waals surface area (Å²) in [7, 11) is 0. The molecule has 1 unspecified atom stereocenters. The number of hydrogen-bond donors (Lipinski definition) is 1. The number of halogens is 3. The van der Waals surface area contributed by atoms with Crippen molar-refractivity contribution in [2.75, 3.05) is 5.32 Å². The number of pyridine rings is 1. The molecule has 1 amide bonds.